The van der Waals surface area contributed by atoms with E-state index in [1.54, 1.807) is 0 Å². The van der Waals surface area contributed by atoms with Crippen molar-refractivity contribution in [2.24, 2.45) is 0 Å². The van der Waals surface area contributed by atoms with Gasteiger partial charge in [0.2, 0.25) is 0 Å². The standard InChI is InChI=1S/C14H21ClN2OS/c1-16-14(12-4-2-3-5-13(12)15)6-7-17-8-10-19(18)11-9-17/h2-5,14,16H,6-11H2,1H3. The average molecular weight is 301 g/mol. The summed E-state index contributed by atoms with van der Waals surface area (Å²) in [7, 11) is 1.38. The summed E-state index contributed by atoms with van der Waals surface area (Å²) in [6, 6.07) is 8.27. The largest absolute Gasteiger partial charge is 0.313 e. The van der Waals surface area contributed by atoms with Gasteiger partial charge in [0.1, 0.15) is 0 Å². The maximum Gasteiger partial charge on any atom is 0.0453 e. The maximum atomic E-state index is 11.3. The molecule has 1 N–H and O–H groups in total. The summed E-state index contributed by atoms with van der Waals surface area (Å²) in [4.78, 5) is 2.39. The topological polar surface area (TPSA) is 32.3 Å². The zero-order valence-electron chi connectivity index (χ0n) is 11.3. The van der Waals surface area contributed by atoms with E-state index in [4.69, 9.17) is 11.6 Å². The molecule has 19 heavy (non-hydrogen) atoms. The number of hydrogen-bond acceptors (Lipinski definition) is 3. The molecule has 3 nitrogen and oxygen atoms in total. The van der Waals surface area contributed by atoms with Crippen LogP contribution in [0.25, 0.3) is 0 Å². The summed E-state index contributed by atoms with van der Waals surface area (Å²) in [6.45, 7) is 2.92. The lowest BCUT2D eigenvalue weighted by molar-refractivity contribution is 0.281. The SMILES string of the molecule is CNC(CCN1CCS(=O)CC1)c1ccccc1Cl. The predicted octanol–water partition coefficient (Wildman–Crippen LogP) is 2.05. The Kier molecular flexibility index (Phi) is 5.82. The van der Waals surface area contributed by atoms with E-state index in [9.17, 15) is 4.21 Å². The summed E-state index contributed by atoms with van der Waals surface area (Å²) in [5.74, 6) is 1.63. The molecule has 1 aromatic rings. The lowest BCUT2D eigenvalue weighted by Gasteiger charge is -2.28. The molecule has 1 aliphatic rings. The molecular weight excluding hydrogens is 280 g/mol. The molecule has 1 heterocycles. The molecule has 1 saturated heterocycles. The van der Waals surface area contributed by atoms with Gasteiger partial charge in [-0.25, -0.2) is 0 Å². The molecule has 106 valence electrons. The Labute approximate surface area is 122 Å². The first-order chi connectivity index (χ1) is 9.20. The summed E-state index contributed by atoms with van der Waals surface area (Å²) in [6.07, 6.45) is 1.02. The number of halogens is 1. The van der Waals surface area contributed by atoms with Crippen molar-refractivity contribution in [1.82, 2.24) is 10.2 Å². The van der Waals surface area contributed by atoms with E-state index in [2.05, 4.69) is 16.3 Å². The van der Waals surface area contributed by atoms with Crippen LogP contribution >= 0.6 is 11.6 Å². The Balaban J connectivity index is 1.89. The molecule has 5 heteroatoms. The van der Waals surface area contributed by atoms with Crippen molar-refractivity contribution < 1.29 is 4.21 Å². The van der Waals surface area contributed by atoms with Crippen molar-refractivity contribution in [3.8, 4) is 0 Å². The summed E-state index contributed by atoms with van der Waals surface area (Å²) >= 11 is 6.24. The van der Waals surface area contributed by atoms with Crippen LogP contribution in [0.4, 0.5) is 0 Å². The van der Waals surface area contributed by atoms with Crippen molar-refractivity contribution in [2.45, 2.75) is 12.5 Å². The zero-order chi connectivity index (χ0) is 13.7. The third-order valence-electron chi connectivity index (χ3n) is 3.63. The van der Waals surface area contributed by atoms with Crippen molar-refractivity contribution in [3.05, 3.63) is 34.9 Å². The average Bonchev–Trinajstić information content (AvgIpc) is 2.43. The Bertz CT molecular complexity index is 431. The minimum Gasteiger partial charge on any atom is -0.313 e. The molecular formula is C14H21ClN2OS. The van der Waals surface area contributed by atoms with Gasteiger partial charge in [-0.15, -0.1) is 0 Å². The van der Waals surface area contributed by atoms with Crippen LogP contribution in [0.5, 0.6) is 0 Å². The molecule has 0 radical (unpaired) electrons. The third-order valence-corrected chi connectivity index (χ3v) is 5.25. The molecule has 0 amide bonds. The molecule has 1 aromatic carbocycles. The second kappa shape index (κ2) is 7.39. The molecule has 0 spiro atoms. The van der Waals surface area contributed by atoms with Crippen molar-refractivity contribution in [3.63, 3.8) is 0 Å². The van der Waals surface area contributed by atoms with Gasteiger partial charge in [-0.3, -0.25) is 4.21 Å². The first-order valence-electron chi connectivity index (χ1n) is 6.69. The zero-order valence-corrected chi connectivity index (χ0v) is 12.8. The molecule has 1 fully saturated rings. The van der Waals surface area contributed by atoms with Gasteiger partial charge >= 0.3 is 0 Å². The van der Waals surface area contributed by atoms with Gasteiger partial charge in [0, 0.05) is 53.0 Å². The molecule has 2 rings (SSSR count). The summed E-state index contributed by atoms with van der Waals surface area (Å²) in [5.41, 5.74) is 1.16. The lowest BCUT2D eigenvalue weighted by Crippen LogP contribution is -2.39. The number of nitrogens with one attached hydrogen (secondary N) is 1. The number of benzene rings is 1. The minimum atomic E-state index is -0.595. The molecule has 1 aliphatic heterocycles. The third kappa shape index (κ3) is 4.28. The van der Waals surface area contributed by atoms with Crippen LogP contribution in [0.1, 0.15) is 18.0 Å². The highest BCUT2D eigenvalue weighted by Gasteiger charge is 2.18. The highest BCUT2D eigenvalue weighted by atomic mass is 35.5. The smallest absolute Gasteiger partial charge is 0.0453 e. The van der Waals surface area contributed by atoms with E-state index in [1.165, 1.54) is 0 Å². The van der Waals surface area contributed by atoms with E-state index in [0.717, 1.165) is 48.1 Å². The van der Waals surface area contributed by atoms with E-state index in [0.29, 0.717) is 0 Å². The Morgan fingerprint density at radius 2 is 2.05 bits per heavy atom. The fourth-order valence-corrected chi connectivity index (χ4v) is 3.82. The van der Waals surface area contributed by atoms with Crippen LogP contribution in [-0.4, -0.2) is 47.3 Å². The van der Waals surface area contributed by atoms with Crippen LogP contribution in [-0.2, 0) is 10.8 Å². The molecule has 0 aliphatic carbocycles. The molecule has 0 aromatic heterocycles. The van der Waals surface area contributed by atoms with Gasteiger partial charge in [-0.2, -0.15) is 0 Å². The molecule has 0 saturated carbocycles. The van der Waals surface area contributed by atoms with E-state index < -0.39 is 10.8 Å². The molecule has 1 unspecified atom stereocenters. The van der Waals surface area contributed by atoms with Crippen LogP contribution in [0.15, 0.2) is 24.3 Å². The number of rotatable bonds is 5. The van der Waals surface area contributed by atoms with E-state index in [1.807, 2.05) is 25.2 Å². The molecule has 0 bridgehead atoms. The van der Waals surface area contributed by atoms with E-state index >= 15 is 0 Å². The van der Waals surface area contributed by atoms with E-state index in [-0.39, 0.29) is 6.04 Å². The highest BCUT2D eigenvalue weighted by molar-refractivity contribution is 7.85. The quantitative estimate of drug-likeness (QED) is 0.903. The predicted molar refractivity (Wildman–Crippen MR) is 82.2 cm³/mol. The van der Waals surface area contributed by atoms with Crippen molar-refractivity contribution in [1.29, 1.82) is 0 Å². The normalized spacial score (nSPS) is 19.5. The summed E-state index contributed by atoms with van der Waals surface area (Å²) < 4.78 is 11.3. The van der Waals surface area contributed by atoms with Crippen LogP contribution in [0, 0.1) is 0 Å². The minimum absolute atomic E-state index is 0.279. The van der Waals surface area contributed by atoms with Crippen LogP contribution < -0.4 is 5.32 Å². The van der Waals surface area contributed by atoms with Gasteiger partial charge in [-0.05, 0) is 25.1 Å². The summed E-state index contributed by atoms with van der Waals surface area (Å²) in [5, 5.41) is 4.16. The van der Waals surface area contributed by atoms with Gasteiger partial charge in [-0.1, -0.05) is 29.8 Å². The maximum absolute atomic E-state index is 11.3. The fraction of sp³-hybridized carbons (Fsp3) is 0.571. The Hall–Kier alpha value is -0.420. The first-order valence-corrected chi connectivity index (χ1v) is 8.56. The second-order valence-corrected chi connectivity index (χ2v) is 6.94. The lowest BCUT2D eigenvalue weighted by atomic mass is 10.0. The fourth-order valence-electron chi connectivity index (χ4n) is 2.42. The molecule has 1 atom stereocenters. The first kappa shape index (κ1) is 15.0. The number of hydrogen-bond donors (Lipinski definition) is 1. The Morgan fingerprint density at radius 1 is 1.37 bits per heavy atom. The second-order valence-electron chi connectivity index (χ2n) is 4.84. The van der Waals surface area contributed by atoms with Crippen molar-refractivity contribution >= 4 is 22.4 Å². The Morgan fingerprint density at radius 3 is 2.68 bits per heavy atom. The van der Waals surface area contributed by atoms with Gasteiger partial charge in [0.15, 0.2) is 0 Å². The number of nitrogens with zero attached hydrogens (tertiary/aromatic N) is 1. The highest BCUT2D eigenvalue weighted by Crippen LogP contribution is 2.25. The van der Waals surface area contributed by atoms with Gasteiger partial charge < -0.3 is 10.2 Å². The van der Waals surface area contributed by atoms with Gasteiger partial charge in [0.05, 0.1) is 0 Å². The van der Waals surface area contributed by atoms with Crippen molar-refractivity contribution in [2.75, 3.05) is 38.2 Å². The van der Waals surface area contributed by atoms with Gasteiger partial charge in [0.25, 0.3) is 0 Å². The van der Waals surface area contributed by atoms with Crippen LogP contribution in [0.2, 0.25) is 5.02 Å². The monoisotopic (exact) mass is 300 g/mol. The van der Waals surface area contributed by atoms with Crippen LogP contribution in [0.3, 0.4) is 0 Å².